The minimum absolute atomic E-state index is 0.0261. The van der Waals surface area contributed by atoms with E-state index in [-0.39, 0.29) is 29.1 Å². The van der Waals surface area contributed by atoms with Crippen molar-refractivity contribution in [2.75, 3.05) is 31.1 Å². The lowest BCUT2D eigenvalue weighted by Crippen LogP contribution is -2.42. The molecule has 1 N–H and O–H groups in total. The van der Waals surface area contributed by atoms with Crippen molar-refractivity contribution in [3.8, 4) is 11.5 Å². The zero-order valence-corrected chi connectivity index (χ0v) is 22.4. The highest BCUT2D eigenvalue weighted by Gasteiger charge is 2.27. The van der Waals surface area contributed by atoms with Gasteiger partial charge in [0.2, 0.25) is 5.91 Å². The minimum atomic E-state index is -4.06. The third-order valence-corrected chi connectivity index (χ3v) is 7.43. The number of anilines is 1. The van der Waals surface area contributed by atoms with E-state index in [9.17, 15) is 13.2 Å². The molecule has 36 heavy (non-hydrogen) atoms. The van der Waals surface area contributed by atoms with Crippen molar-refractivity contribution in [2.45, 2.75) is 31.1 Å². The molecule has 0 aromatic heterocycles. The van der Waals surface area contributed by atoms with Gasteiger partial charge in [-0.2, -0.15) is 0 Å². The quantitative estimate of drug-likeness (QED) is 0.371. The number of hydrogen-bond acceptors (Lipinski definition) is 5. The summed E-state index contributed by atoms with van der Waals surface area (Å²) in [4.78, 5) is 12.8. The van der Waals surface area contributed by atoms with Crippen molar-refractivity contribution >= 4 is 33.2 Å². The van der Waals surface area contributed by atoms with Crippen LogP contribution in [0.3, 0.4) is 0 Å². The van der Waals surface area contributed by atoms with Gasteiger partial charge in [-0.15, -0.1) is 0 Å². The summed E-state index contributed by atoms with van der Waals surface area (Å²) in [5.41, 5.74) is 1.26. The first-order valence-corrected chi connectivity index (χ1v) is 13.3. The summed E-state index contributed by atoms with van der Waals surface area (Å²) in [7, 11) is -2.56. The Morgan fingerprint density at radius 2 is 1.69 bits per heavy atom. The van der Waals surface area contributed by atoms with Crippen LogP contribution in [0.5, 0.6) is 11.5 Å². The van der Waals surface area contributed by atoms with E-state index >= 15 is 0 Å². The van der Waals surface area contributed by atoms with Crippen LogP contribution >= 0.6 is 11.6 Å². The smallest absolute Gasteiger partial charge is 0.264 e. The highest BCUT2D eigenvalue weighted by Crippen LogP contribution is 2.31. The van der Waals surface area contributed by atoms with Crippen LogP contribution in [0.2, 0.25) is 5.02 Å². The predicted octanol–water partition coefficient (Wildman–Crippen LogP) is 5.04. The Kier molecular flexibility index (Phi) is 8.87. The van der Waals surface area contributed by atoms with Gasteiger partial charge in [0.05, 0.1) is 24.2 Å². The number of methoxy groups -OCH3 is 1. The van der Waals surface area contributed by atoms with Crippen LogP contribution in [0.25, 0.3) is 0 Å². The van der Waals surface area contributed by atoms with E-state index in [4.69, 9.17) is 21.1 Å². The zero-order valence-electron chi connectivity index (χ0n) is 20.8. The molecule has 192 valence electrons. The molecule has 9 heteroatoms. The maximum absolute atomic E-state index is 13.5. The molecule has 3 aromatic carbocycles. The Hall–Kier alpha value is -3.23. The molecule has 0 aliphatic heterocycles. The zero-order chi connectivity index (χ0) is 26.3. The molecule has 0 saturated carbocycles. The topological polar surface area (TPSA) is 84.9 Å². The van der Waals surface area contributed by atoms with E-state index in [1.807, 2.05) is 24.3 Å². The van der Waals surface area contributed by atoms with Crippen LogP contribution in [0.1, 0.15) is 26.3 Å². The number of ether oxygens (including phenoxy) is 2. The van der Waals surface area contributed by atoms with E-state index in [0.717, 1.165) is 15.6 Å². The van der Waals surface area contributed by atoms with Gasteiger partial charge in [-0.3, -0.25) is 9.10 Å². The fourth-order valence-electron chi connectivity index (χ4n) is 3.57. The summed E-state index contributed by atoms with van der Waals surface area (Å²) in [6.07, 6.45) is 0. The number of para-hydroxylation sites is 1. The number of nitrogens with zero attached hydrogens (tertiary/aromatic N) is 1. The molecule has 0 aliphatic carbocycles. The normalized spacial score (nSPS) is 11.6. The average Bonchev–Trinajstić information content (AvgIpc) is 2.84. The third kappa shape index (κ3) is 6.92. The SMILES string of the molecule is COc1ccc(S(=O)(=O)N(CC(=O)NCCOc2ccccc2C(C)(C)C)c2cccc(Cl)c2)cc1. The van der Waals surface area contributed by atoms with E-state index in [2.05, 4.69) is 26.1 Å². The molecule has 0 saturated heterocycles. The summed E-state index contributed by atoms with van der Waals surface area (Å²) >= 11 is 6.11. The molecular formula is C27H31ClN2O5S. The van der Waals surface area contributed by atoms with E-state index in [1.54, 1.807) is 30.3 Å². The van der Waals surface area contributed by atoms with Gasteiger partial charge in [-0.1, -0.05) is 56.6 Å². The number of hydrogen-bond donors (Lipinski definition) is 1. The van der Waals surface area contributed by atoms with Crippen molar-refractivity contribution < 1.29 is 22.7 Å². The van der Waals surface area contributed by atoms with Crippen LogP contribution in [-0.2, 0) is 20.2 Å². The maximum atomic E-state index is 13.5. The second-order valence-electron chi connectivity index (χ2n) is 9.11. The summed E-state index contributed by atoms with van der Waals surface area (Å²) in [6, 6.07) is 20.1. The number of benzene rings is 3. The predicted molar refractivity (Wildman–Crippen MR) is 143 cm³/mol. The summed E-state index contributed by atoms with van der Waals surface area (Å²) < 4.78 is 39.0. The summed E-state index contributed by atoms with van der Waals surface area (Å²) in [5.74, 6) is 0.802. The second-order valence-corrected chi connectivity index (χ2v) is 11.4. The first-order chi connectivity index (χ1) is 17.0. The van der Waals surface area contributed by atoms with Crippen LogP contribution in [0.15, 0.2) is 77.7 Å². The Morgan fingerprint density at radius 1 is 1.00 bits per heavy atom. The molecule has 0 heterocycles. The molecule has 7 nitrogen and oxygen atoms in total. The monoisotopic (exact) mass is 530 g/mol. The number of rotatable bonds is 10. The third-order valence-electron chi connectivity index (χ3n) is 5.41. The molecule has 0 fully saturated rings. The molecule has 3 rings (SSSR count). The largest absolute Gasteiger partial charge is 0.497 e. The fraction of sp³-hybridized carbons (Fsp3) is 0.296. The highest BCUT2D eigenvalue weighted by atomic mass is 35.5. The first-order valence-electron chi connectivity index (χ1n) is 11.4. The van der Waals surface area contributed by atoms with Crippen molar-refractivity contribution in [1.29, 1.82) is 0 Å². The van der Waals surface area contributed by atoms with Gasteiger partial charge in [0.25, 0.3) is 10.0 Å². The summed E-state index contributed by atoms with van der Waals surface area (Å²) in [6.45, 7) is 6.33. The number of nitrogens with one attached hydrogen (secondary N) is 1. The van der Waals surface area contributed by atoms with Gasteiger partial charge < -0.3 is 14.8 Å². The van der Waals surface area contributed by atoms with Crippen LogP contribution in [0, 0.1) is 0 Å². The van der Waals surface area contributed by atoms with Crippen molar-refractivity contribution in [1.82, 2.24) is 5.32 Å². The Morgan fingerprint density at radius 3 is 2.33 bits per heavy atom. The van der Waals surface area contributed by atoms with Crippen molar-refractivity contribution in [3.05, 3.63) is 83.4 Å². The number of sulfonamides is 1. The molecule has 0 atom stereocenters. The van der Waals surface area contributed by atoms with Gasteiger partial charge in [-0.25, -0.2) is 8.42 Å². The lowest BCUT2D eigenvalue weighted by molar-refractivity contribution is -0.119. The van der Waals surface area contributed by atoms with Crippen molar-refractivity contribution in [3.63, 3.8) is 0 Å². The molecular weight excluding hydrogens is 500 g/mol. The number of halogens is 1. The van der Waals surface area contributed by atoms with Gasteiger partial charge in [-0.05, 0) is 59.5 Å². The van der Waals surface area contributed by atoms with Gasteiger partial charge in [0.1, 0.15) is 24.7 Å². The average molecular weight is 531 g/mol. The van der Waals surface area contributed by atoms with E-state index < -0.39 is 22.5 Å². The molecule has 0 spiro atoms. The van der Waals surface area contributed by atoms with E-state index in [0.29, 0.717) is 10.8 Å². The Labute approximate surface area is 218 Å². The number of amides is 1. The summed E-state index contributed by atoms with van der Waals surface area (Å²) in [5, 5.41) is 3.10. The maximum Gasteiger partial charge on any atom is 0.264 e. The molecule has 1 amide bonds. The number of carbonyl (C=O) groups is 1. The van der Waals surface area contributed by atoms with Gasteiger partial charge in [0, 0.05) is 5.02 Å². The Balaban J connectivity index is 1.72. The van der Waals surface area contributed by atoms with Gasteiger partial charge in [0.15, 0.2) is 0 Å². The standard InChI is InChI=1S/C27H31ClN2O5S/c1-27(2,3)24-10-5-6-11-25(24)35-17-16-29-26(31)19-30(21-9-7-8-20(28)18-21)36(32,33)23-14-12-22(34-4)13-15-23/h5-15,18H,16-17,19H2,1-4H3,(H,29,31). The lowest BCUT2D eigenvalue weighted by Gasteiger charge is -2.24. The molecule has 0 aliphatic rings. The molecule has 0 radical (unpaired) electrons. The number of carbonyl (C=O) groups excluding carboxylic acids is 1. The molecule has 3 aromatic rings. The highest BCUT2D eigenvalue weighted by molar-refractivity contribution is 7.92. The fourth-order valence-corrected chi connectivity index (χ4v) is 5.17. The minimum Gasteiger partial charge on any atom is -0.497 e. The lowest BCUT2D eigenvalue weighted by atomic mass is 9.86. The molecule has 0 bridgehead atoms. The van der Waals surface area contributed by atoms with Crippen LogP contribution in [0.4, 0.5) is 5.69 Å². The Bertz CT molecular complexity index is 1290. The second kappa shape index (κ2) is 11.7. The first kappa shape index (κ1) is 27.4. The van der Waals surface area contributed by atoms with Crippen molar-refractivity contribution in [2.24, 2.45) is 0 Å². The van der Waals surface area contributed by atoms with Crippen LogP contribution < -0.4 is 19.1 Å². The van der Waals surface area contributed by atoms with Gasteiger partial charge >= 0.3 is 0 Å². The van der Waals surface area contributed by atoms with E-state index in [1.165, 1.54) is 25.3 Å². The molecule has 0 unspecified atom stereocenters. The van der Waals surface area contributed by atoms with Crippen LogP contribution in [-0.4, -0.2) is 41.1 Å².